The number of carbonyl (C=O) groups excluding carboxylic acids is 1. The number of halogens is 1. The van der Waals surface area contributed by atoms with Gasteiger partial charge in [0.15, 0.2) is 0 Å². The van der Waals surface area contributed by atoms with E-state index >= 15 is 0 Å². The minimum Gasteiger partial charge on any atom is -0.367 e. The van der Waals surface area contributed by atoms with Gasteiger partial charge in [-0.05, 0) is 62.5 Å². The Kier molecular flexibility index (Phi) is 9.44. The molecule has 4 aromatic rings. The molecule has 1 heterocycles. The molecule has 0 aliphatic heterocycles. The number of carbonyl (C=O) groups is 1. The number of nitrogens with zero attached hydrogens (tertiary/aromatic N) is 4. The average Bonchev–Trinajstić information content (AvgIpc) is 2.92. The van der Waals surface area contributed by atoms with E-state index in [2.05, 4.69) is 15.9 Å². The van der Waals surface area contributed by atoms with Crippen molar-refractivity contribution in [3.05, 3.63) is 105 Å². The average molecular weight is 578 g/mol. The summed E-state index contributed by atoms with van der Waals surface area (Å²) in [6.07, 6.45) is 0.583. The first-order valence-corrected chi connectivity index (χ1v) is 13.5. The molecule has 198 valence electrons. The van der Waals surface area contributed by atoms with Crippen molar-refractivity contribution in [2.75, 3.05) is 33.8 Å². The van der Waals surface area contributed by atoms with Crippen LogP contribution in [0.15, 0.2) is 88.1 Å². The lowest BCUT2D eigenvalue weighted by molar-refractivity contribution is -0.139. The maximum Gasteiger partial charge on any atom is 0.266 e. The number of fused-ring (bicyclic) bond motifs is 1. The summed E-state index contributed by atoms with van der Waals surface area (Å²) in [5, 5.41) is 0.534. The molecule has 7 nitrogen and oxygen atoms in total. The third-order valence-corrected chi connectivity index (χ3v) is 6.92. The van der Waals surface area contributed by atoms with Crippen LogP contribution in [-0.4, -0.2) is 59.0 Å². The Morgan fingerprint density at radius 2 is 1.66 bits per heavy atom. The first-order chi connectivity index (χ1) is 18.4. The minimum atomic E-state index is -0.427. The van der Waals surface area contributed by atoms with Crippen molar-refractivity contribution in [1.82, 2.24) is 19.4 Å². The number of likely N-dealkylation sites (N-methyl/N-ethyl adjacent to an activating group) is 1. The molecule has 1 unspecified atom stereocenters. The molecule has 1 atom stereocenters. The van der Waals surface area contributed by atoms with Crippen LogP contribution in [0, 0.1) is 0 Å². The summed E-state index contributed by atoms with van der Waals surface area (Å²) in [6, 6.07) is 24.3. The molecule has 3 aromatic carbocycles. The molecule has 0 saturated carbocycles. The highest BCUT2D eigenvalue weighted by atomic mass is 79.9. The van der Waals surface area contributed by atoms with Crippen molar-refractivity contribution in [3.8, 4) is 5.69 Å². The molecule has 8 heteroatoms. The molecular weight excluding hydrogens is 544 g/mol. The number of rotatable bonds is 11. The van der Waals surface area contributed by atoms with E-state index in [-0.39, 0.29) is 18.1 Å². The lowest BCUT2D eigenvalue weighted by Gasteiger charge is -2.33. The Labute approximate surface area is 231 Å². The fourth-order valence-electron chi connectivity index (χ4n) is 4.43. The van der Waals surface area contributed by atoms with Crippen LogP contribution in [0.25, 0.3) is 16.6 Å². The molecule has 0 aliphatic rings. The molecular formula is C30H33BrN4O3. The molecule has 1 amide bonds. The van der Waals surface area contributed by atoms with Crippen molar-refractivity contribution in [2.24, 2.45) is 0 Å². The van der Waals surface area contributed by atoms with Crippen LogP contribution in [0.4, 0.5) is 0 Å². The molecule has 38 heavy (non-hydrogen) atoms. The minimum absolute atomic E-state index is 0.0606. The van der Waals surface area contributed by atoms with Crippen LogP contribution in [0.1, 0.15) is 30.8 Å². The highest BCUT2D eigenvalue weighted by molar-refractivity contribution is 9.10. The summed E-state index contributed by atoms with van der Waals surface area (Å²) in [7, 11) is 3.95. The van der Waals surface area contributed by atoms with Gasteiger partial charge in [0.25, 0.3) is 5.56 Å². The van der Waals surface area contributed by atoms with Gasteiger partial charge in [-0.2, -0.15) is 0 Å². The number of ether oxygens (including phenoxy) is 1. The maximum absolute atomic E-state index is 13.8. The fraction of sp³-hybridized carbons (Fsp3) is 0.300. The highest BCUT2D eigenvalue weighted by Crippen LogP contribution is 2.27. The number of hydrogen-bond acceptors (Lipinski definition) is 5. The normalized spacial score (nSPS) is 12.1. The van der Waals surface area contributed by atoms with Crippen LogP contribution >= 0.6 is 15.9 Å². The van der Waals surface area contributed by atoms with E-state index in [1.807, 2.05) is 98.7 Å². The molecule has 0 N–H and O–H groups in total. The first kappa shape index (κ1) is 27.7. The SMILES string of the molecule is CCC(c1nc2ccccc2c(=O)n1-c1ccc(Br)cc1)N(CCN(C)C)C(=O)COCc1ccccc1. The molecule has 0 radical (unpaired) electrons. The van der Waals surface area contributed by atoms with Crippen molar-refractivity contribution in [3.63, 3.8) is 0 Å². The Hall–Kier alpha value is -3.33. The first-order valence-electron chi connectivity index (χ1n) is 12.7. The molecule has 0 spiro atoms. The second-order valence-electron chi connectivity index (χ2n) is 9.40. The monoisotopic (exact) mass is 576 g/mol. The van der Waals surface area contributed by atoms with E-state index in [9.17, 15) is 9.59 Å². The summed E-state index contributed by atoms with van der Waals surface area (Å²) in [5.41, 5.74) is 2.16. The van der Waals surface area contributed by atoms with E-state index in [0.717, 1.165) is 10.0 Å². The molecule has 0 aliphatic carbocycles. The van der Waals surface area contributed by atoms with E-state index in [1.54, 1.807) is 15.5 Å². The van der Waals surface area contributed by atoms with Crippen molar-refractivity contribution in [1.29, 1.82) is 0 Å². The maximum atomic E-state index is 13.8. The van der Waals surface area contributed by atoms with Crippen molar-refractivity contribution in [2.45, 2.75) is 26.0 Å². The Morgan fingerprint density at radius 1 is 0.974 bits per heavy atom. The second kappa shape index (κ2) is 13.0. The molecule has 0 bridgehead atoms. The number of hydrogen-bond donors (Lipinski definition) is 0. The van der Waals surface area contributed by atoms with E-state index < -0.39 is 6.04 Å². The van der Waals surface area contributed by atoms with Crippen LogP contribution in [0.5, 0.6) is 0 Å². The van der Waals surface area contributed by atoms with E-state index in [0.29, 0.717) is 48.5 Å². The summed E-state index contributed by atoms with van der Waals surface area (Å²) >= 11 is 3.48. The Bertz CT molecular complexity index is 1420. The highest BCUT2D eigenvalue weighted by Gasteiger charge is 2.29. The summed E-state index contributed by atoms with van der Waals surface area (Å²) in [5.74, 6) is 0.396. The lowest BCUT2D eigenvalue weighted by Crippen LogP contribution is -2.43. The van der Waals surface area contributed by atoms with Gasteiger partial charge in [-0.15, -0.1) is 0 Å². The predicted octanol–water partition coefficient (Wildman–Crippen LogP) is 5.21. The molecule has 0 fully saturated rings. The van der Waals surface area contributed by atoms with Crippen molar-refractivity contribution < 1.29 is 9.53 Å². The molecule has 4 rings (SSSR count). The van der Waals surface area contributed by atoms with Gasteiger partial charge in [0.1, 0.15) is 12.4 Å². The lowest BCUT2D eigenvalue weighted by atomic mass is 10.1. The summed E-state index contributed by atoms with van der Waals surface area (Å²) in [6.45, 7) is 3.44. The zero-order valence-corrected chi connectivity index (χ0v) is 23.6. The van der Waals surface area contributed by atoms with Gasteiger partial charge in [0, 0.05) is 17.6 Å². The van der Waals surface area contributed by atoms with Crippen LogP contribution < -0.4 is 5.56 Å². The van der Waals surface area contributed by atoms with Crippen molar-refractivity contribution >= 4 is 32.7 Å². The predicted molar refractivity (Wildman–Crippen MR) is 154 cm³/mol. The number of aromatic nitrogens is 2. The van der Waals surface area contributed by atoms with Gasteiger partial charge < -0.3 is 14.5 Å². The van der Waals surface area contributed by atoms with Gasteiger partial charge in [0.05, 0.1) is 29.2 Å². The van der Waals surface area contributed by atoms with Crippen LogP contribution in [-0.2, 0) is 16.1 Å². The summed E-state index contributed by atoms with van der Waals surface area (Å²) in [4.78, 5) is 36.2. The van der Waals surface area contributed by atoms with Gasteiger partial charge in [-0.25, -0.2) is 4.98 Å². The Morgan fingerprint density at radius 3 is 2.34 bits per heavy atom. The Balaban J connectivity index is 1.75. The van der Waals surface area contributed by atoms with E-state index in [4.69, 9.17) is 9.72 Å². The number of para-hydroxylation sites is 1. The zero-order valence-electron chi connectivity index (χ0n) is 22.0. The standard InChI is InChI=1S/C30H33BrN4O3/c1-4-27(34(19-18-33(2)3)28(36)21-38-20-22-10-6-5-7-11-22)29-32-26-13-9-8-12-25(26)30(37)35(29)24-16-14-23(31)15-17-24/h5-17,27H,4,18-21H2,1-3H3. The summed E-state index contributed by atoms with van der Waals surface area (Å²) < 4.78 is 8.38. The second-order valence-corrected chi connectivity index (χ2v) is 10.3. The van der Waals surface area contributed by atoms with Gasteiger partial charge in [-0.3, -0.25) is 14.2 Å². The molecule has 0 saturated heterocycles. The van der Waals surface area contributed by atoms with Gasteiger partial charge >= 0.3 is 0 Å². The number of amides is 1. The van der Waals surface area contributed by atoms with Gasteiger partial charge in [0.2, 0.25) is 5.91 Å². The smallest absolute Gasteiger partial charge is 0.266 e. The molecule has 1 aromatic heterocycles. The quantitative estimate of drug-likeness (QED) is 0.245. The third-order valence-electron chi connectivity index (χ3n) is 6.39. The van der Waals surface area contributed by atoms with Gasteiger partial charge in [-0.1, -0.05) is 65.3 Å². The zero-order chi connectivity index (χ0) is 27.1. The van der Waals surface area contributed by atoms with Crippen LogP contribution in [0.2, 0.25) is 0 Å². The fourth-order valence-corrected chi connectivity index (χ4v) is 4.70. The van der Waals surface area contributed by atoms with E-state index in [1.165, 1.54) is 0 Å². The topological polar surface area (TPSA) is 67.7 Å². The third kappa shape index (κ3) is 6.56. The number of benzene rings is 3. The van der Waals surface area contributed by atoms with Crippen LogP contribution in [0.3, 0.4) is 0 Å². The largest absolute Gasteiger partial charge is 0.367 e.